The number of hydrogen-bond donors (Lipinski definition) is 1. The van der Waals surface area contributed by atoms with Crippen LogP contribution in [0.4, 0.5) is 22.0 Å². The molecule has 1 aromatic heterocycles. The summed E-state index contributed by atoms with van der Waals surface area (Å²) < 4.78 is 68.1. The Morgan fingerprint density at radius 1 is 1.35 bits per heavy atom. The number of likely N-dealkylation sites (tertiary alicyclic amines) is 1. The summed E-state index contributed by atoms with van der Waals surface area (Å²) in [5, 5.41) is 8.93. The van der Waals surface area contributed by atoms with Crippen LogP contribution in [0.3, 0.4) is 0 Å². The van der Waals surface area contributed by atoms with Crippen molar-refractivity contribution in [3.63, 3.8) is 0 Å². The standard InChI is InChI=1S/C13H14F5NO3S/c14-12(15)23-6-8-2-1-7(22-8)3-19-4-9(11(20)21)10(5-19)13(16,17)18/h1-2,9-10,12H,3-6H2,(H,20,21)/t9-,10-/m1/s1. The van der Waals surface area contributed by atoms with Crippen LogP contribution in [0.25, 0.3) is 0 Å². The first-order chi connectivity index (χ1) is 10.7. The zero-order chi connectivity index (χ0) is 17.2. The Morgan fingerprint density at radius 2 is 2.00 bits per heavy atom. The summed E-state index contributed by atoms with van der Waals surface area (Å²) in [5.74, 6) is -6.88. The first kappa shape index (κ1) is 18.1. The van der Waals surface area contributed by atoms with Crippen molar-refractivity contribution in [1.29, 1.82) is 0 Å². The number of hydrogen-bond acceptors (Lipinski definition) is 4. The van der Waals surface area contributed by atoms with Gasteiger partial charge in [0.05, 0.1) is 24.1 Å². The number of carboxylic acid groups (broad SMARTS) is 1. The van der Waals surface area contributed by atoms with Crippen molar-refractivity contribution in [3.05, 3.63) is 23.7 Å². The minimum absolute atomic E-state index is 0.00963. The van der Waals surface area contributed by atoms with Gasteiger partial charge in [0, 0.05) is 13.1 Å². The summed E-state index contributed by atoms with van der Waals surface area (Å²) in [6.45, 7) is -0.653. The number of thioether (sulfide) groups is 1. The molecule has 2 rings (SSSR count). The number of halogens is 5. The Balaban J connectivity index is 1.97. The van der Waals surface area contributed by atoms with Gasteiger partial charge in [-0.2, -0.15) is 22.0 Å². The minimum Gasteiger partial charge on any atom is -0.481 e. The maximum absolute atomic E-state index is 12.9. The second kappa shape index (κ2) is 7.08. The van der Waals surface area contributed by atoms with E-state index < -0.39 is 36.3 Å². The molecule has 130 valence electrons. The zero-order valence-electron chi connectivity index (χ0n) is 11.7. The van der Waals surface area contributed by atoms with Gasteiger partial charge in [0.25, 0.3) is 5.76 Å². The second-order valence-electron chi connectivity index (χ2n) is 5.23. The molecule has 23 heavy (non-hydrogen) atoms. The van der Waals surface area contributed by atoms with Crippen LogP contribution in [0.2, 0.25) is 0 Å². The van der Waals surface area contributed by atoms with Gasteiger partial charge in [-0.15, -0.1) is 0 Å². The minimum atomic E-state index is -4.58. The first-order valence-electron chi connectivity index (χ1n) is 6.66. The lowest BCUT2D eigenvalue weighted by atomic mass is 9.96. The van der Waals surface area contributed by atoms with Gasteiger partial charge in [-0.1, -0.05) is 11.8 Å². The van der Waals surface area contributed by atoms with Crippen LogP contribution >= 0.6 is 11.8 Å². The topological polar surface area (TPSA) is 53.7 Å². The lowest BCUT2D eigenvalue weighted by Crippen LogP contribution is -2.33. The van der Waals surface area contributed by atoms with E-state index in [0.29, 0.717) is 23.3 Å². The molecular weight excluding hydrogens is 345 g/mol. The Morgan fingerprint density at radius 3 is 2.52 bits per heavy atom. The molecule has 1 saturated heterocycles. The molecular formula is C13H14F5NO3S. The molecule has 4 nitrogen and oxygen atoms in total. The molecule has 1 aliphatic heterocycles. The van der Waals surface area contributed by atoms with Gasteiger partial charge < -0.3 is 9.52 Å². The van der Waals surface area contributed by atoms with Gasteiger partial charge in [-0.3, -0.25) is 9.69 Å². The highest BCUT2D eigenvalue weighted by molar-refractivity contribution is 7.98. The van der Waals surface area contributed by atoms with Crippen molar-refractivity contribution in [1.82, 2.24) is 4.90 Å². The van der Waals surface area contributed by atoms with Gasteiger partial charge in [0.15, 0.2) is 0 Å². The average molecular weight is 359 g/mol. The van der Waals surface area contributed by atoms with Crippen LogP contribution in [-0.2, 0) is 17.1 Å². The van der Waals surface area contributed by atoms with E-state index >= 15 is 0 Å². The van der Waals surface area contributed by atoms with Crippen molar-refractivity contribution in [2.45, 2.75) is 24.2 Å². The van der Waals surface area contributed by atoms with Crippen LogP contribution in [-0.4, -0.2) is 41.0 Å². The van der Waals surface area contributed by atoms with Crippen molar-refractivity contribution in [2.75, 3.05) is 13.1 Å². The number of carboxylic acids is 1. The summed E-state index contributed by atoms with van der Waals surface area (Å²) in [6, 6.07) is 2.98. The molecule has 0 aliphatic carbocycles. The van der Waals surface area contributed by atoms with E-state index in [4.69, 9.17) is 9.52 Å². The van der Waals surface area contributed by atoms with E-state index in [0.717, 1.165) is 0 Å². The second-order valence-corrected chi connectivity index (χ2v) is 6.20. The summed E-state index contributed by atoms with van der Waals surface area (Å²) >= 11 is 0.381. The van der Waals surface area contributed by atoms with Crippen molar-refractivity contribution in [2.24, 2.45) is 11.8 Å². The third-order valence-electron chi connectivity index (χ3n) is 3.58. The fourth-order valence-electron chi connectivity index (χ4n) is 2.55. The lowest BCUT2D eigenvalue weighted by molar-refractivity contribution is -0.188. The predicted octanol–water partition coefficient (Wildman–Crippen LogP) is 3.43. The third-order valence-corrected chi connectivity index (χ3v) is 4.28. The Labute approximate surface area is 132 Å². The molecule has 0 bridgehead atoms. The van der Waals surface area contributed by atoms with Gasteiger partial charge in [0.1, 0.15) is 11.5 Å². The molecule has 1 N–H and O–H groups in total. The fourth-order valence-corrected chi connectivity index (χ4v) is 2.99. The van der Waals surface area contributed by atoms with Gasteiger partial charge >= 0.3 is 12.1 Å². The first-order valence-corrected chi connectivity index (χ1v) is 7.71. The molecule has 0 radical (unpaired) electrons. The normalized spacial score (nSPS) is 22.9. The summed E-state index contributed by atoms with van der Waals surface area (Å²) in [4.78, 5) is 12.3. The largest absolute Gasteiger partial charge is 0.481 e. The molecule has 1 aliphatic rings. The smallest absolute Gasteiger partial charge is 0.393 e. The average Bonchev–Trinajstić information content (AvgIpc) is 3.03. The summed E-state index contributed by atoms with van der Waals surface area (Å²) in [5.41, 5.74) is 0. The number of rotatable bonds is 6. The Kier molecular flexibility index (Phi) is 5.56. The molecule has 0 unspecified atom stereocenters. The molecule has 0 aromatic carbocycles. The highest BCUT2D eigenvalue weighted by Gasteiger charge is 2.52. The van der Waals surface area contributed by atoms with Gasteiger partial charge in [0.2, 0.25) is 0 Å². The van der Waals surface area contributed by atoms with E-state index in [9.17, 15) is 26.7 Å². The molecule has 2 heterocycles. The van der Waals surface area contributed by atoms with Crippen LogP contribution in [0.5, 0.6) is 0 Å². The van der Waals surface area contributed by atoms with Gasteiger partial charge in [-0.25, -0.2) is 0 Å². The lowest BCUT2D eigenvalue weighted by Gasteiger charge is -2.18. The van der Waals surface area contributed by atoms with E-state index in [2.05, 4.69) is 0 Å². The van der Waals surface area contributed by atoms with Crippen LogP contribution in [0.1, 0.15) is 11.5 Å². The van der Waals surface area contributed by atoms with Crippen LogP contribution < -0.4 is 0 Å². The van der Waals surface area contributed by atoms with Crippen molar-refractivity contribution < 1.29 is 36.3 Å². The number of aliphatic carboxylic acids is 1. The van der Waals surface area contributed by atoms with Crippen molar-refractivity contribution >= 4 is 17.7 Å². The summed E-state index contributed by atoms with van der Waals surface area (Å²) in [6.07, 6.45) is -4.58. The maximum atomic E-state index is 12.9. The number of nitrogens with zero attached hydrogens (tertiary/aromatic N) is 1. The third kappa shape index (κ3) is 4.84. The molecule has 1 aromatic rings. The Bertz CT molecular complexity index is 548. The SMILES string of the molecule is O=C(O)[C@@H]1CN(Cc2ccc(CSC(F)F)o2)C[C@H]1C(F)(F)F. The monoisotopic (exact) mass is 359 g/mol. The quantitative estimate of drug-likeness (QED) is 0.789. The van der Waals surface area contributed by atoms with Crippen LogP contribution in [0, 0.1) is 11.8 Å². The van der Waals surface area contributed by atoms with E-state index in [1.54, 1.807) is 0 Å². The molecule has 0 amide bonds. The van der Waals surface area contributed by atoms with E-state index in [-0.39, 0.29) is 18.8 Å². The number of furan rings is 1. The summed E-state index contributed by atoms with van der Waals surface area (Å²) in [7, 11) is 0. The molecule has 0 saturated carbocycles. The molecule has 10 heteroatoms. The van der Waals surface area contributed by atoms with Crippen LogP contribution in [0.15, 0.2) is 16.5 Å². The van der Waals surface area contributed by atoms with Crippen molar-refractivity contribution in [3.8, 4) is 0 Å². The fraction of sp³-hybridized carbons (Fsp3) is 0.615. The molecule has 0 spiro atoms. The van der Waals surface area contributed by atoms with E-state index in [1.807, 2.05) is 0 Å². The maximum Gasteiger partial charge on any atom is 0.393 e. The van der Waals surface area contributed by atoms with Gasteiger partial charge in [-0.05, 0) is 12.1 Å². The Hall–Kier alpha value is -1.29. The zero-order valence-corrected chi connectivity index (χ0v) is 12.5. The molecule has 1 fully saturated rings. The number of alkyl halides is 5. The number of carbonyl (C=O) groups is 1. The molecule has 2 atom stereocenters. The predicted molar refractivity (Wildman–Crippen MR) is 72.0 cm³/mol. The highest BCUT2D eigenvalue weighted by Crippen LogP contribution is 2.38. The highest BCUT2D eigenvalue weighted by atomic mass is 32.2. The van der Waals surface area contributed by atoms with E-state index in [1.165, 1.54) is 17.0 Å².